The molecule has 24 heavy (non-hydrogen) atoms. The van der Waals surface area contributed by atoms with Crippen molar-refractivity contribution in [2.75, 3.05) is 11.9 Å². The Hall–Kier alpha value is -2.60. The normalized spacial score (nSPS) is 10.8. The number of aromatic nitrogens is 2. The molecule has 0 saturated heterocycles. The van der Waals surface area contributed by atoms with Gasteiger partial charge in [-0.3, -0.25) is 9.48 Å². The van der Waals surface area contributed by atoms with Crippen molar-refractivity contribution in [3.8, 4) is 0 Å². The van der Waals surface area contributed by atoms with Crippen LogP contribution < -0.4 is 5.32 Å². The van der Waals surface area contributed by atoms with Crippen LogP contribution in [0, 0.1) is 13.8 Å². The average molecular weight is 348 g/mol. The van der Waals surface area contributed by atoms with E-state index in [1.54, 1.807) is 35.0 Å². The van der Waals surface area contributed by atoms with Gasteiger partial charge in [-0.1, -0.05) is 23.7 Å². The lowest BCUT2D eigenvalue weighted by atomic mass is 10.2. The van der Waals surface area contributed by atoms with E-state index in [1.165, 1.54) is 6.08 Å². The number of benzene rings is 1. The molecular formula is C17H18ClN3O3. The van der Waals surface area contributed by atoms with E-state index in [0.717, 1.165) is 17.0 Å². The summed E-state index contributed by atoms with van der Waals surface area (Å²) in [6.07, 6.45) is 2.91. The molecule has 0 unspecified atom stereocenters. The number of hydrogen-bond donors (Lipinski definition) is 1. The molecule has 0 fully saturated rings. The number of nitrogens with zero attached hydrogens (tertiary/aromatic N) is 2. The lowest BCUT2D eigenvalue weighted by molar-refractivity contribution is -0.142. The number of para-hydroxylation sites is 1. The van der Waals surface area contributed by atoms with Crippen LogP contribution >= 0.6 is 11.6 Å². The van der Waals surface area contributed by atoms with Crippen LogP contribution in [0.1, 0.15) is 17.0 Å². The highest BCUT2D eigenvalue weighted by Gasteiger charge is 2.09. The van der Waals surface area contributed by atoms with Crippen LogP contribution in [0.25, 0.3) is 6.08 Å². The quantitative estimate of drug-likeness (QED) is 0.666. The van der Waals surface area contributed by atoms with Crippen LogP contribution in [-0.2, 0) is 21.4 Å². The van der Waals surface area contributed by atoms with Crippen molar-refractivity contribution in [2.24, 2.45) is 7.05 Å². The largest absolute Gasteiger partial charge is 0.452 e. The van der Waals surface area contributed by atoms with Gasteiger partial charge in [0, 0.05) is 24.4 Å². The van der Waals surface area contributed by atoms with E-state index in [4.69, 9.17) is 16.3 Å². The van der Waals surface area contributed by atoms with Crippen LogP contribution in [0.2, 0.25) is 5.02 Å². The first-order chi connectivity index (χ1) is 11.4. The first-order valence-corrected chi connectivity index (χ1v) is 7.65. The Morgan fingerprint density at radius 2 is 2.04 bits per heavy atom. The number of rotatable bonds is 5. The lowest BCUT2D eigenvalue weighted by Crippen LogP contribution is -2.20. The summed E-state index contributed by atoms with van der Waals surface area (Å²) in [5.41, 5.74) is 3.08. The Kier molecular flexibility index (Phi) is 5.76. The Labute approximate surface area is 145 Å². The van der Waals surface area contributed by atoms with Gasteiger partial charge in [0.05, 0.1) is 16.4 Å². The number of anilines is 1. The third kappa shape index (κ3) is 4.45. The fourth-order valence-electron chi connectivity index (χ4n) is 2.12. The molecular weight excluding hydrogens is 330 g/mol. The summed E-state index contributed by atoms with van der Waals surface area (Å²) >= 11 is 5.94. The molecule has 0 aliphatic rings. The van der Waals surface area contributed by atoms with Gasteiger partial charge in [-0.2, -0.15) is 5.10 Å². The van der Waals surface area contributed by atoms with E-state index in [0.29, 0.717) is 10.7 Å². The third-order valence-electron chi connectivity index (χ3n) is 3.44. The Bertz CT molecular complexity index is 796. The second-order valence-electron chi connectivity index (χ2n) is 5.18. The summed E-state index contributed by atoms with van der Waals surface area (Å²) in [5.74, 6) is -1.06. The predicted octanol–water partition coefficient (Wildman–Crippen LogP) is 2.89. The minimum Gasteiger partial charge on any atom is -0.452 e. The van der Waals surface area contributed by atoms with Crippen molar-refractivity contribution in [1.82, 2.24) is 9.78 Å². The fourth-order valence-corrected chi connectivity index (χ4v) is 2.30. The lowest BCUT2D eigenvalue weighted by Gasteiger charge is -2.06. The number of carbonyl (C=O) groups is 2. The van der Waals surface area contributed by atoms with E-state index >= 15 is 0 Å². The zero-order chi connectivity index (χ0) is 17.7. The van der Waals surface area contributed by atoms with E-state index in [1.807, 2.05) is 20.9 Å². The van der Waals surface area contributed by atoms with Gasteiger partial charge in [0.2, 0.25) is 0 Å². The third-order valence-corrected chi connectivity index (χ3v) is 3.77. The Morgan fingerprint density at radius 3 is 2.67 bits per heavy atom. The van der Waals surface area contributed by atoms with Gasteiger partial charge >= 0.3 is 5.97 Å². The zero-order valence-electron chi connectivity index (χ0n) is 13.7. The maximum Gasteiger partial charge on any atom is 0.331 e. The summed E-state index contributed by atoms with van der Waals surface area (Å²) < 4.78 is 6.65. The highest BCUT2D eigenvalue weighted by atomic mass is 35.5. The smallest absolute Gasteiger partial charge is 0.331 e. The zero-order valence-corrected chi connectivity index (χ0v) is 14.4. The van der Waals surface area contributed by atoms with Gasteiger partial charge in [-0.25, -0.2) is 4.79 Å². The van der Waals surface area contributed by atoms with E-state index in [-0.39, 0.29) is 6.61 Å². The highest BCUT2D eigenvalue weighted by Crippen LogP contribution is 2.20. The van der Waals surface area contributed by atoms with Gasteiger partial charge in [-0.15, -0.1) is 0 Å². The van der Waals surface area contributed by atoms with Crippen LogP contribution in [0.3, 0.4) is 0 Å². The minimum atomic E-state index is -0.605. The van der Waals surface area contributed by atoms with Crippen LogP contribution in [-0.4, -0.2) is 28.3 Å². The molecule has 7 heteroatoms. The molecule has 126 valence electrons. The molecule has 0 bridgehead atoms. The molecule has 0 aliphatic carbocycles. The SMILES string of the molecule is Cc1nn(C)c(C)c1/C=C/C(=O)OCC(=O)Nc1ccccc1Cl. The number of halogens is 1. The van der Waals surface area contributed by atoms with Crippen LogP contribution in [0.5, 0.6) is 0 Å². The first-order valence-electron chi connectivity index (χ1n) is 7.28. The summed E-state index contributed by atoms with van der Waals surface area (Å²) in [7, 11) is 1.83. The summed E-state index contributed by atoms with van der Waals surface area (Å²) in [5, 5.41) is 7.25. The number of nitrogens with one attached hydrogen (secondary N) is 1. The number of esters is 1. The Balaban J connectivity index is 1.88. The van der Waals surface area contributed by atoms with E-state index in [2.05, 4.69) is 10.4 Å². The van der Waals surface area contributed by atoms with E-state index in [9.17, 15) is 9.59 Å². The number of ether oxygens (including phenoxy) is 1. The maximum absolute atomic E-state index is 11.8. The second-order valence-corrected chi connectivity index (χ2v) is 5.58. The molecule has 1 aromatic carbocycles. The molecule has 0 saturated carbocycles. The van der Waals surface area contributed by atoms with Crippen molar-refractivity contribution in [3.63, 3.8) is 0 Å². The number of hydrogen-bond acceptors (Lipinski definition) is 4. The van der Waals surface area contributed by atoms with Gasteiger partial charge in [0.25, 0.3) is 5.91 Å². The predicted molar refractivity (Wildman–Crippen MR) is 92.8 cm³/mol. The molecule has 2 rings (SSSR count). The molecule has 1 amide bonds. The van der Waals surface area contributed by atoms with Crippen molar-refractivity contribution in [2.45, 2.75) is 13.8 Å². The van der Waals surface area contributed by atoms with Crippen molar-refractivity contribution < 1.29 is 14.3 Å². The number of amides is 1. The monoisotopic (exact) mass is 347 g/mol. The van der Waals surface area contributed by atoms with Crippen LogP contribution in [0.15, 0.2) is 30.3 Å². The molecule has 6 nitrogen and oxygen atoms in total. The number of carbonyl (C=O) groups excluding carboxylic acids is 2. The summed E-state index contributed by atoms with van der Waals surface area (Å²) in [6, 6.07) is 6.82. The van der Waals surface area contributed by atoms with Crippen molar-refractivity contribution in [1.29, 1.82) is 0 Å². The molecule has 2 aromatic rings. The van der Waals surface area contributed by atoms with Crippen molar-refractivity contribution in [3.05, 3.63) is 52.3 Å². The molecule has 1 aromatic heterocycles. The maximum atomic E-state index is 11.8. The topological polar surface area (TPSA) is 73.2 Å². The van der Waals surface area contributed by atoms with Gasteiger partial charge in [0.15, 0.2) is 6.61 Å². The number of aryl methyl sites for hydroxylation is 2. The Morgan fingerprint density at radius 1 is 1.33 bits per heavy atom. The minimum absolute atomic E-state index is 0.389. The molecule has 0 aliphatic heterocycles. The molecule has 1 N–H and O–H groups in total. The average Bonchev–Trinajstić information content (AvgIpc) is 2.78. The molecule has 1 heterocycles. The van der Waals surface area contributed by atoms with Crippen LogP contribution in [0.4, 0.5) is 5.69 Å². The summed E-state index contributed by atoms with van der Waals surface area (Å²) in [6.45, 7) is 3.37. The van der Waals surface area contributed by atoms with Gasteiger partial charge in [-0.05, 0) is 32.1 Å². The highest BCUT2D eigenvalue weighted by molar-refractivity contribution is 6.33. The second kappa shape index (κ2) is 7.79. The molecule has 0 atom stereocenters. The van der Waals surface area contributed by atoms with Gasteiger partial charge < -0.3 is 10.1 Å². The standard InChI is InChI=1S/C17H18ClN3O3/c1-11-13(12(2)21(3)20-11)8-9-17(23)24-10-16(22)19-15-7-5-4-6-14(15)18/h4-9H,10H2,1-3H3,(H,19,22)/b9-8+. The van der Waals surface area contributed by atoms with E-state index < -0.39 is 11.9 Å². The van der Waals surface area contributed by atoms with Crippen molar-refractivity contribution >= 4 is 35.2 Å². The molecule has 0 spiro atoms. The first kappa shape index (κ1) is 17.7. The molecule has 0 radical (unpaired) electrons. The summed E-state index contributed by atoms with van der Waals surface area (Å²) in [4.78, 5) is 23.5. The van der Waals surface area contributed by atoms with Gasteiger partial charge in [0.1, 0.15) is 0 Å². The fraction of sp³-hybridized carbons (Fsp3) is 0.235.